The Kier molecular flexibility index (Phi) is 3.51. The summed E-state index contributed by atoms with van der Waals surface area (Å²) in [5.41, 5.74) is 0.0634. The van der Waals surface area contributed by atoms with Crippen molar-refractivity contribution in [1.29, 1.82) is 0 Å². The van der Waals surface area contributed by atoms with Crippen molar-refractivity contribution in [2.45, 2.75) is 13.0 Å². The molecule has 0 heterocycles. The van der Waals surface area contributed by atoms with Crippen molar-refractivity contribution in [2.75, 3.05) is 6.54 Å². The summed E-state index contributed by atoms with van der Waals surface area (Å²) in [6.07, 6.45) is -0.645. The molecule has 0 unspecified atom stereocenters. The Morgan fingerprint density at radius 3 is 2.67 bits per heavy atom. The van der Waals surface area contributed by atoms with Crippen LogP contribution in [0.4, 0.5) is 0 Å². The van der Waals surface area contributed by atoms with Gasteiger partial charge in [0.2, 0.25) is 0 Å². The first-order chi connectivity index (χ1) is 7.00. The molecule has 0 aliphatic heterocycles. The minimum Gasteiger partial charge on any atom is -0.508 e. The molecule has 5 heteroatoms. The molecule has 1 aromatic rings. The highest BCUT2D eigenvalue weighted by molar-refractivity contribution is 5.96. The number of aliphatic hydroxyl groups is 1. The zero-order chi connectivity index (χ0) is 11.4. The summed E-state index contributed by atoms with van der Waals surface area (Å²) < 4.78 is 0. The van der Waals surface area contributed by atoms with E-state index in [0.29, 0.717) is 0 Å². The van der Waals surface area contributed by atoms with E-state index in [4.69, 9.17) is 10.2 Å². The van der Waals surface area contributed by atoms with Crippen molar-refractivity contribution in [3.63, 3.8) is 0 Å². The van der Waals surface area contributed by atoms with Gasteiger partial charge in [-0.25, -0.2) is 0 Å². The van der Waals surface area contributed by atoms with E-state index in [2.05, 4.69) is 5.32 Å². The van der Waals surface area contributed by atoms with E-state index in [-0.39, 0.29) is 23.6 Å². The van der Waals surface area contributed by atoms with Gasteiger partial charge in [-0.15, -0.1) is 0 Å². The molecule has 0 aliphatic rings. The number of carbonyl (C=O) groups excluding carboxylic acids is 1. The van der Waals surface area contributed by atoms with E-state index in [1.807, 2.05) is 0 Å². The van der Waals surface area contributed by atoms with Crippen molar-refractivity contribution in [2.24, 2.45) is 0 Å². The van der Waals surface area contributed by atoms with E-state index in [1.54, 1.807) is 0 Å². The SMILES string of the molecule is C[C@H](O)CNC(=O)c1ccc(O)cc1O. The molecular formula is C10H13NO4. The predicted octanol–water partition coefficient (Wildman–Crippen LogP) is 0.208. The number of aromatic hydroxyl groups is 2. The summed E-state index contributed by atoms with van der Waals surface area (Å²) in [6, 6.07) is 3.69. The quantitative estimate of drug-likeness (QED) is 0.575. The highest BCUT2D eigenvalue weighted by atomic mass is 16.3. The average molecular weight is 211 g/mol. The molecule has 5 nitrogen and oxygen atoms in total. The number of rotatable bonds is 3. The van der Waals surface area contributed by atoms with Crippen LogP contribution >= 0.6 is 0 Å². The number of hydrogen-bond acceptors (Lipinski definition) is 4. The van der Waals surface area contributed by atoms with Crippen LogP contribution in [0.25, 0.3) is 0 Å². The number of aliphatic hydroxyl groups excluding tert-OH is 1. The summed E-state index contributed by atoms with van der Waals surface area (Å²) in [6.45, 7) is 1.65. The monoisotopic (exact) mass is 211 g/mol. The van der Waals surface area contributed by atoms with Crippen LogP contribution in [0.15, 0.2) is 18.2 Å². The lowest BCUT2D eigenvalue weighted by Crippen LogP contribution is -2.30. The van der Waals surface area contributed by atoms with Gasteiger partial charge in [0.25, 0.3) is 5.91 Å². The Morgan fingerprint density at radius 1 is 1.47 bits per heavy atom. The van der Waals surface area contributed by atoms with Gasteiger partial charge in [0.15, 0.2) is 0 Å². The molecule has 4 N–H and O–H groups in total. The number of carbonyl (C=O) groups is 1. The maximum Gasteiger partial charge on any atom is 0.255 e. The van der Waals surface area contributed by atoms with Crippen LogP contribution in [0.5, 0.6) is 11.5 Å². The van der Waals surface area contributed by atoms with Crippen LogP contribution in [0.1, 0.15) is 17.3 Å². The van der Waals surface area contributed by atoms with Crippen molar-refractivity contribution >= 4 is 5.91 Å². The van der Waals surface area contributed by atoms with Crippen molar-refractivity contribution in [3.8, 4) is 11.5 Å². The van der Waals surface area contributed by atoms with E-state index in [1.165, 1.54) is 19.1 Å². The summed E-state index contributed by atoms with van der Waals surface area (Å²) in [7, 11) is 0. The molecule has 0 fully saturated rings. The van der Waals surface area contributed by atoms with Gasteiger partial charge in [-0.3, -0.25) is 4.79 Å². The molecule has 1 aromatic carbocycles. The molecular weight excluding hydrogens is 198 g/mol. The largest absolute Gasteiger partial charge is 0.508 e. The van der Waals surface area contributed by atoms with Gasteiger partial charge in [0, 0.05) is 12.6 Å². The van der Waals surface area contributed by atoms with Crippen molar-refractivity contribution < 1.29 is 20.1 Å². The third kappa shape index (κ3) is 3.14. The first-order valence-corrected chi connectivity index (χ1v) is 4.49. The average Bonchev–Trinajstić information content (AvgIpc) is 2.14. The highest BCUT2D eigenvalue weighted by Gasteiger charge is 2.11. The van der Waals surface area contributed by atoms with Gasteiger partial charge in [0.05, 0.1) is 11.7 Å². The van der Waals surface area contributed by atoms with Crippen molar-refractivity contribution in [3.05, 3.63) is 23.8 Å². The predicted molar refractivity (Wildman–Crippen MR) is 53.8 cm³/mol. The number of amides is 1. The van der Waals surface area contributed by atoms with Crippen LogP contribution in [0.3, 0.4) is 0 Å². The lowest BCUT2D eigenvalue weighted by atomic mass is 10.2. The Morgan fingerprint density at radius 2 is 2.13 bits per heavy atom. The number of benzene rings is 1. The topological polar surface area (TPSA) is 89.8 Å². The minimum absolute atomic E-state index is 0.0634. The Bertz CT molecular complexity index is 362. The van der Waals surface area contributed by atoms with E-state index >= 15 is 0 Å². The van der Waals surface area contributed by atoms with Gasteiger partial charge in [-0.05, 0) is 19.1 Å². The minimum atomic E-state index is -0.645. The molecule has 1 amide bonds. The van der Waals surface area contributed by atoms with E-state index < -0.39 is 12.0 Å². The highest BCUT2D eigenvalue weighted by Crippen LogP contribution is 2.22. The maximum absolute atomic E-state index is 11.4. The molecule has 0 spiro atoms. The van der Waals surface area contributed by atoms with Crippen LogP contribution in [0.2, 0.25) is 0 Å². The molecule has 1 atom stereocenters. The second kappa shape index (κ2) is 4.65. The van der Waals surface area contributed by atoms with E-state index in [9.17, 15) is 9.90 Å². The molecule has 0 bridgehead atoms. The van der Waals surface area contributed by atoms with E-state index in [0.717, 1.165) is 6.07 Å². The number of nitrogens with one attached hydrogen (secondary N) is 1. The number of phenolic OH excluding ortho intramolecular Hbond substituents is 2. The molecule has 0 radical (unpaired) electrons. The first kappa shape index (κ1) is 11.3. The fraction of sp³-hybridized carbons (Fsp3) is 0.300. The standard InChI is InChI=1S/C10H13NO4/c1-6(12)5-11-10(15)8-3-2-7(13)4-9(8)14/h2-4,6,12-14H,5H2,1H3,(H,11,15)/t6-/m0/s1. The maximum atomic E-state index is 11.4. The van der Waals surface area contributed by atoms with Crippen LogP contribution in [0, 0.1) is 0 Å². The smallest absolute Gasteiger partial charge is 0.255 e. The Hall–Kier alpha value is -1.75. The Labute approximate surface area is 87.0 Å². The fourth-order valence-corrected chi connectivity index (χ4v) is 1.05. The summed E-state index contributed by atoms with van der Waals surface area (Å²) >= 11 is 0. The van der Waals surface area contributed by atoms with Gasteiger partial charge in [0.1, 0.15) is 11.5 Å². The molecule has 0 aliphatic carbocycles. The molecule has 15 heavy (non-hydrogen) atoms. The molecule has 82 valence electrons. The van der Waals surface area contributed by atoms with Crippen LogP contribution < -0.4 is 5.32 Å². The van der Waals surface area contributed by atoms with Crippen LogP contribution in [-0.4, -0.2) is 33.9 Å². The zero-order valence-electron chi connectivity index (χ0n) is 8.27. The fourth-order valence-electron chi connectivity index (χ4n) is 1.05. The van der Waals surface area contributed by atoms with Gasteiger partial charge in [-0.2, -0.15) is 0 Å². The van der Waals surface area contributed by atoms with Gasteiger partial charge < -0.3 is 20.6 Å². The van der Waals surface area contributed by atoms with Crippen LogP contribution in [-0.2, 0) is 0 Å². The summed E-state index contributed by atoms with van der Waals surface area (Å²) in [4.78, 5) is 11.4. The molecule has 0 saturated heterocycles. The lowest BCUT2D eigenvalue weighted by molar-refractivity contribution is 0.0921. The Balaban J connectivity index is 2.74. The number of phenols is 2. The van der Waals surface area contributed by atoms with Gasteiger partial charge in [-0.1, -0.05) is 0 Å². The summed E-state index contributed by atoms with van der Waals surface area (Å²) in [5, 5.41) is 29.7. The second-order valence-electron chi connectivity index (χ2n) is 3.26. The second-order valence-corrected chi connectivity index (χ2v) is 3.26. The third-order valence-electron chi connectivity index (χ3n) is 1.78. The first-order valence-electron chi connectivity index (χ1n) is 4.49. The normalized spacial score (nSPS) is 12.1. The molecule has 1 rings (SSSR count). The number of hydrogen-bond donors (Lipinski definition) is 4. The third-order valence-corrected chi connectivity index (χ3v) is 1.78. The zero-order valence-corrected chi connectivity index (χ0v) is 8.27. The van der Waals surface area contributed by atoms with Gasteiger partial charge >= 0.3 is 0 Å². The summed E-state index contributed by atoms with van der Waals surface area (Å²) in [5.74, 6) is -0.897. The molecule has 0 aromatic heterocycles. The van der Waals surface area contributed by atoms with Crippen molar-refractivity contribution in [1.82, 2.24) is 5.32 Å². The lowest BCUT2D eigenvalue weighted by Gasteiger charge is -2.08. The molecule has 0 saturated carbocycles.